The first kappa shape index (κ1) is 34.3. The molecule has 12 nitrogen and oxygen atoms in total. The van der Waals surface area contributed by atoms with Crippen LogP contribution in [0.2, 0.25) is 0 Å². The third-order valence-corrected chi connectivity index (χ3v) is 7.40. The van der Waals surface area contributed by atoms with E-state index in [1.165, 1.54) is 0 Å². The van der Waals surface area contributed by atoms with E-state index in [9.17, 15) is 14.4 Å². The molecule has 12 heteroatoms. The summed E-state index contributed by atoms with van der Waals surface area (Å²) in [4.78, 5) is 39.9. The van der Waals surface area contributed by atoms with Gasteiger partial charge in [0.15, 0.2) is 5.96 Å². The van der Waals surface area contributed by atoms with Crippen molar-refractivity contribution in [2.75, 3.05) is 13.2 Å². The van der Waals surface area contributed by atoms with Crippen LogP contribution in [0.4, 0.5) is 0 Å². The molecule has 0 fully saturated rings. The zero-order valence-electron chi connectivity index (χ0n) is 25.3. The van der Waals surface area contributed by atoms with E-state index in [-0.39, 0.29) is 37.9 Å². The first-order chi connectivity index (χ1) is 21.5. The van der Waals surface area contributed by atoms with Crippen LogP contribution in [-0.2, 0) is 37.6 Å². The number of amides is 3. The van der Waals surface area contributed by atoms with Crippen LogP contribution >= 0.6 is 0 Å². The molecule has 0 spiro atoms. The van der Waals surface area contributed by atoms with Crippen LogP contribution in [-0.4, -0.2) is 54.8 Å². The average Bonchev–Trinajstić information content (AvgIpc) is 3.02. The fourth-order valence-corrected chi connectivity index (χ4v) is 4.79. The second-order valence-electron chi connectivity index (χ2n) is 11.0. The first-order valence-corrected chi connectivity index (χ1v) is 14.6. The summed E-state index contributed by atoms with van der Waals surface area (Å²) in [5.74, 6) is -2.04. The van der Waals surface area contributed by atoms with Crippen LogP contribution in [0.5, 0.6) is 0 Å². The van der Waals surface area contributed by atoms with E-state index in [1.807, 2.05) is 72.8 Å². The van der Waals surface area contributed by atoms with Crippen molar-refractivity contribution in [3.63, 3.8) is 0 Å². The molecule has 0 aliphatic rings. The van der Waals surface area contributed by atoms with Crippen LogP contribution in [0.15, 0.2) is 84.9 Å². The maximum absolute atomic E-state index is 14.2. The number of carbonyl (C=O) groups is 3. The van der Waals surface area contributed by atoms with Gasteiger partial charge in [-0.1, -0.05) is 84.9 Å². The maximum atomic E-state index is 14.2. The van der Waals surface area contributed by atoms with Gasteiger partial charge in [0.2, 0.25) is 17.7 Å². The highest BCUT2D eigenvalue weighted by atomic mass is 16.5. The van der Waals surface area contributed by atoms with E-state index in [1.54, 1.807) is 19.1 Å². The van der Waals surface area contributed by atoms with Crippen molar-refractivity contribution < 1.29 is 19.1 Å². The number of benzene rings is 3. The van der Waals surface area contributed by atoms with E-state index in [0.29, 0.717) is 18.5 Å². The summed E-state index contributed by atoms with van der Waals surface area (Å²) >= 11 is 0. The normalized spacial score (nSPS) is 13.4. The highest BCUT2D eigenvalue weighted by Crippen LogP contribution is 2.29. The lowest BCUT2D eigenvalue weighted by atomic mass is 9.76. The molecular formula is C33H42N8O4. The van der Waals surface area contributed by atoms with Gasteiger partial charge in [-0.05, 0) is 42.9 Å². The van der Waals surface area contributed by atoms with Gasteiger partial charge < -0.3 is 37.9 Å². The van der Waals surface area contributed by atoms with Crippen LogP contribution in [0.25, 0.3) is 0 Å². The summed E-state index contributed by atoms with van der Waals surface area (Å²) in [5, 5.41) is 23.1. The Morgan fingerprint density at radius 2 is 1.44 bits per heavy atom. The Bertz CT molecular complexity index is 1450. The number of hydrogen-bond donors (Lipinski definition) is 8. The lowest BCUT2D eigenvalue weighted by Crippen LogP contribution is -2.57. The molecule has 3 aromatic rings. The zero-order valence-corrected chi connectivity index (χ0v) is 25.3. The number of nitrogens with two attached hydrogens (primary N) is 3. The number of guanidine groups is 1. The van der Waals surface area contributed by atoms with Crippen LogP contribution in [0.1, 0.15) is 42.0 Å². The molecule has 0 saturated carbocycles. The lowest BCUT2D eigenvalue weighted by Gasteiger charge is -2.32. The molecule has 0 radical (unpaired) electrons. The molecule has 0 aliphatic heterocycles. The Morgan fingerprint density at radius 3 is 2.02 bits per heavy atom. The van der Waals surface area contributed by atoms with Crippen molar-refractivity contribution >= 4 is 29.5 Å². The van der Waals surface area contributed by atoms with Gasteiger partial charge >= 0.3 is 0 Å². The minimum atomic E-state index is -1.15. The van der Waals surface area contributed by atoms with Gasteiger partial charge in [0.05, 0.1) is 18.6 Å². The van der Waals surface area contributed by atoms with Crippen molar-refractivity contribution in [2.24, 2.45) is 17.2 Å². The fraction of sp³-hybridized carbons (Fsp3) is 0.303. The fourth-order valence-electron chi connectivity index (χ4n) is 4.79. The Hall–Kier alpha value is -5.23. The number of rotatable bonds is 17. The molecule has 3 amide bonds. The predicted molar refractivity (Wildman–Crippen MR) is 173 cm³/mol. The number of primary amides is 1. The SMILES string of the molecule is C[C@@](Cc1ccc(C(=N)N)cc1)(C(=O)N[C@@H](COCc1ccccc1)C(=O)N[C@@H](CCCNC(=N)N)C(N)=O)c1ccccc1. The summed E-state index contributed by atoms with van der Waals surface area (Å²) in [6.45, 7) is 2.15. The Balaban J connectivity index is 1.84. The van der Waals surface area contributed by atoms with Gasteiger partial charge in [0.25, 0.3) is 0 Å². The van der Waals surface area contributed by atoms with E-state index in [2.05, 4.69) is 16.0 Å². The molecule has 3 aromatic carbocycles. The molecule has 11 N–H and O–H groups in total. The van der Waals surface area contributed by atoms with Crippen molar-refractivity contribution in [1.29, 1.82) is 10.8 Å². The molecular weight excluding hydrogens is 572 g/mol. The van der Waals surface area contributed by atoms with E-state index in [4.69, 9.17) is 32.8 Å². The monoisotopic (exact) mass is 614 g/mol. The van der Waals surface area contributed by atoms with Crippen molar-refractivity contribution in [2.45, 2.75) is 50.3 Å². The smallest absolute Gasteiger partial charge is 0.245 e. The number of hydrogen-bond acceptors (Lipinski definition) is 6. The quantitative estimate of drug-likeness (QED) is 0.0633. The molecule has 0 saturated heterocycles. The number of ether oxygens (including phenoxy) is 1. The molecule has 0 aromatic heterocycles. The molecule has 0 aliphatic carbocycles. The summed E-state index contributed by atoms with van der Waals surface area (Å²) < 4.78 is 5.87. The lowest BCUT2D eigenvalue weighted by molar-refractivity contribution is -0.135. The summed E-state index contributed by atoms with van der Waals surface area (Å²) in [6.07, 6.45) is 0.891. The minimum Gasteiger partial charge on any atom is -0.384 e. The predicted octanol–water partition coefficient (Wildman–Crippen LogP) is 1.41. The van der Waals surface area contributed by atoms with Gasteiger partial charge in [0, 0.05) is 12.1 Å². The maximum Gasteiger partial charge on any atom is 0.245 e. The standard InChI is InChI=1S/C33H42N8O4/c1-33(25-11-6-3-7-12-25,19-22-14-16-24(17-15-22)28(34)35)31(44)41-27(21-45-20-23-9-4-2-5-10-23)30(43)40-26(29(36)42)13-8-18-39-32(37)38/h2-7,9-12,14-17,26-27H,8,13,18-21H2,1H3,(H3,34,35)(H2,36,42)(H,40,43)(H,41,44)(H4,37,38,39)/t26-,27-,33-/m0/s1. The van der Waals surface area contributed by atoms with Gasteiger partial charge in [-0.15, -0.1) is 0 Å². The number of amidine groups is 1. The third kappa shape index (κ3) is 10.5. The molecule has 238 valence electrons. The van der Waals surface area contributed by atoms with Crippen molar-refractivity contribution in [3.05, 3.63) is 107 Å². The Labute approximate surface area is 263 Å². The molecule has 0 heterocycles. The van der Waals surface area contributed by atoms with Gasteiger partial charge in [-0.3, -0.25) is 25.2 Å². The summed E-state index contributed by atoms with van der Waals surface area (Å²) in [7, 11) is 0. The zero-order chi connectivity index (χ0) is 32.8. The van der Waals surface area contributed by atoms with Gasteiger partial charge in [-0.2, -0.15) is 0 Å². The summed E-state index contributed by atoms with van der Waals surface area (Å²) in [5.41, 5.74) is 18.4. The molecule has 3 atom stereocenters. The molecule has 0 unspecified atom stereocenters. The van der Waals surface area contributed by atoms with E-state index < -0.39 is 35.2 Å². The van der Waals surface area contributed by atoms with Crippen molar-refractivity contribution in [3.8, 4) is 0 Å². The van der Waals surface area contributed by atoms with Crippen molar-refractivity contribution in [1.82, 2.24) is 16.0 Å². The minimum absolute atomic E-state index is 0.0566. The Kier molecular flexibility index (Phi) is 12.6. The summed E-state index contributed by atoms with van der Waals surface area (Å²) in [6, 6.07) is 23.5. The average molecular weight is 615 g/mol. The highest BCUT2D eigenvalue weighted by Gasteiger charge is 2.38. The second kappa shape index (κ2) is 16.6. The largest absolute Gasteiger partial charge is 0.384 e. The topological polar surface area (TPSA) is 222 Å². The van der Waals surface area contributed by atoms with Crippen LogP contribution in [0.3, 0.4) is 0 Å². The number of nitrogen functional groups attached to an aromatic ring is 1. The van der Waals surface area contributed by atoms with Crippen LogP contribution < -0.4 is 33.2 Å². The van der Waals surface area contributed by atoms with E-state index in [0.717, 1.165) is 16.7 Å². The first-order valence-electron chi connectivity index (χ1n) is 14.6. The van der Waals surface area contributed by atoms with Gasteiger partial charge in [0.1, 0.15) is 17.9 Å². The highest BCUT2D eigenvalue weighted by molar-refractivity contribution is 5.96. The third-order valence-electron chi connectivity index (χ3n) is 7.40. The Morgan fingerprint density at radius 1 is 0.822 bits per heavy atom. The van der Waals surface area contributed by atoms with E-state index >= 15 is 0 Å². The van der Waals surface area contributed by atoms with Gasteiger partial charge in [-0.25, -0.2) is 0 Å². The molecule has 0 bridgehead atoms. The molecule has 3 rings (SSSR count). The number of nitrogens with one attached hydrogen (secondary N) is 5. The van der Waals surface area contributed by atoms with Crippen LogP contribution in [0, 0.1) is 10.8 Å². The number of carbonyl (C=O) groups excluding carboxylic acids is 3. The second-order valence-corrected chi connectivity index (χ2v) is 11.0. The molecule has 45 heavy (non-hydrogen) atoms.